The Morgan fingerprint density at radius 2 is 1.87 bits per heavy atom. The zero-order chi connectivity index (χ0) is 21.1. The van der Waals surface area contributed by atoms with Gasteiger partial charge in [0.2, 0.25) is 0 Å². The van der Waals surface area contributed by atoms with E-state index in [1.807, 2.05) is 49.4 Å². The number of anilines is 1. The van der Waals surface area contributed by atoms with E-state index in [0.29, 0.717) is 22.5 Å². The molecule has 0 bridgehead atoms. The molecule has 1 amide bonds. The molecule has 6 nitrogen and oxygen atoms in total. The minimum Gasteiger partial charge on any atom is -0.497 e. The Bertz CT molecular complexity index is 1270. The van der Waals surface area contributed by atoms with Crippen molar-refractivity contribution in [1.29, 1.82) is 0 Å². The SMILES string of the molecule is COc1ccc2cc(CN(C(=O)c3ccccn3)c3ccccc3C)c(=O)[nH]c2c1. The van der Waals surface area contributed by atoms with Gasteiger partial charge in [0.25, 0.3) is 11.5 Å². The second kappa shape index (κ2) is 8.21. The first kappa shape index (κ1) is 19.4. The van der Waals surface area contributed by atoms with E-state index in [9.17, 15) is 9.59 Å². The van der Waals surface area contributed by atoms with Gasteiger partial charge in [0, 0.05) is 23.5 Å². The van der Waals surface area contributed by atoms with Crippen LogP contribution < -0.4 is 15.2 Å². The minimum absolute atomic E-state index is 0.123. The molecule has 2 aromatic heterocycles. The van der Waals surface area contributed by atoms with Crippen LogP contribution in [0.15, 0.2) is 77.7 Å². The topological polar surface area (TPSA) is 75.3 Å². The summed E-state index contributed by atoms with van der Waals surface area (Å²) in [5, 5.41) is 0.861. The van der Waals surface area contributed by atoms with E-state index in [4.69, 9.17) is 4.74 Å². The first-order valence-corrected chi connectivity index (χ1v) is 9.55. The molecule has 2 aromatic carbocycles. The van der Waals surface area contributed by atoms with Gasteiger partial charge in [-0.1, -0.05) is 24.3 Å². The summed E-state index contributed by atoms with van der Waals surface area (Å²) in [6, 6.07) is 20.1. The summed E-state index contributed by atoms with van der Waals surface area (Å²) in [7, 11) is 1.58. The Morgan fingerprint density at radius 1 is 1.07 bits per heavy atom. The number of carbonyl (C=O) groups excluding carboxylic acids is 1. The first-order chi connectivity index (χ1) is 14.6. The van der Waals surface area contributed by atoms with Crippen molar-refractivity contribution in [1.82, 2.24) is 9.97 Å². The van der Waals surface area contributed by atoms with E-state index in [1.165, 1.54) is 0 Å². The molecular weight excluding hydrogens is 378 g/mol. The van der Waals surface area contributed by atoms with Crippen LogP contribution in [-0.2, 0) is 6.54 Å². The largest absolute Gasteiger partial charge is 0.497 e. The number of benzene rings is 2. The summed E-state index contributed by atoms with van der Waals surface area (Å²) < 4.78 is 5.23. The predicted octanol–water partition coefficient (Wildman–Crippen LogP) is 4.09. The number of amides is 1. The number of H-pyrrole nitrogens is 1. The fourth-order valence-electron chi connectivity index (χ4n) is 3.40. The van der Waals surface area contributed by atoms with Crippen LogP contribution in [0, 0.1) is 6.92 Å². The number of carbonyl (C=O) groups is 1. The third kappa shape index (κ3) is 3.80. The summed E-state index contributed by atoms with van der Waals surface area (Å²) in [6.07, 6.45) is 1.58. The molecule has 0 aliphatic rings. The van der Waals surface area contributed by atoms with Gasteiger partial charge in [0.15, 0.2) is 0 Å². The van der Waals surface area contributed by atoms with Crippen molar-refractivity contribution in [3.8, 4) is 5.75 Å². The minimum atomic E-state index is -0.265. The van der Waals surface area contributed by atoms with Crippen LogP contribution in [0.25, 0.3) is 10.9 Å². The molecule has 0 atom stereocenters. The average Bonchev–Trinajstić information content (AvgIpc) is 2.78. The van der Waals surface area contributed by atoms with Gasteiger partial charge in [-0.15, -0.1) is 0 Å². The van der Waals surface area contributed by atoms with Gasteiger partial charge >= 0.3 is 0 Å². The molecule has 0 saturated heterocycles. The number of nitrogens with one attached hydrogen (secondary N) is 1. The lowest BCUT2D eigenvalue weighted by Crippen LogP contribution is -2.33. The van der Waals surface area contributed by atoms with Crippen molar-refractivity contribution < 1.29 is 9.53 Å². The standard InChI is InChI=1S/C24H21N3O3/c1-16-7-3-4-9-22(16)27(24(29)20-8-5-6-12-25-20)15-18-13-17-10-11-19(30-2)14-21(17)26-23(18)28/h3-14H,15H2,1-2H3,(H,26,28). The van der Waals surface area contributed by atoms with Crippen molar-refractivity contribution in [3.05, 3.63) is 100 Å². The molecule has 150 valence electrons. The summed E-state index contributed by atoms with van der Waals surface area (Å²) in [4.78, 5) is 34.8. The number of aromatic nitrogens is 2. The second-order valence-corrected chi connectivity index (χ2v) is 6.97. The van der Waals surface area contributed by atoms with E-state index in [2.05, 4.69) is 9.97 Å². The number of pyridine rings is 2. The van der Waals surface area contributed by atoms with Crippen molar-refractivity contribution in [2.75, 3.05) is 12.0 Å². The Morgan fingerprint density at radius 3 is 2.60 bits per heavy atom. The molecule has 6 heteroatoms. The molecule has 30 heavy (non-hydrogen) atoms. The number of rotatable bonds is 5. The Labute approximate surface area is 173 Å². The van der Waals surface area contributed by atoms with Crippen LogP contribution in [0.4, 0.5) is 5.69 Å². The Kier molecular flexibility index (Phi) is 5.30. The number of hydrogen-bond acceptors (Lipinski definition) is 4. The highest BCUT2D eigenvalue weighted by molar-refractivity contribution is 6.05. The lowest BCUT2D eigenvalue weighted by Gasteiger charge is -2.24. The van der Waals surface area contributed by atoms with Gasteiger partial charge in [-0.05, 0) is 54.3 Å². The number of nitrogens with zero attached hydrogens (tertiary/aromatic N) is 2. The molecule has 0 radical (unpaired) electrons. The maximum absolute atomic E-state index is 13.3. The normalized spacial score (nSPS) is 10.7. The summed E-state index contributed by atoms with van der Waals surface area (Å²) in [6.45, 7) is 2.06. The van der Waals surface area contributed by atoms with Crippen molar-refractivity contribution >= 4 is 22.5 Å². The van der Waals surface area contributed by atoms with Gasteiger partial charge in [0.1, 0.15) is 11.4 Å². The van der Waals surface area contributed by atoms with E-state index >= 15 is 0 Å². The van der Waals surface area contributed by atoms with E-state index in [1.54, 1.807) is 42.5 Å². The van der Waals surface area contributed by atoms with Gasteiger partial charge in [-0.25, -0.2) is 0 Å². The lowest BCUT2D eigenvalue weighted by molar-refractivity contribution is 0.0980. The van der Waals surface area contributed by atoms with E-state index in [0.717, 1.165) is 16.6 Å². The van der Waals surface area contributed by atoms with Crippen LogP contribution in [0.5, 0.6) is 5.75 Å². The quantitative estimate of drug-likeness (QED) is 0.549. The summed E-state index contributed by atoms with van der Waals surface area (Å²) >= 11 is 0. The zero-order valence-corrected chi connectivity index (χ0v) is 16.8. The van der Waals surface area contributed by atoms with Gasteiger partial charge in [0.05, 0.1) is 19.2 Å². The predicted molar refractivity (Wildman–Crippen MR) is 117 cm³/mol. The number of hydrogen-bond donors (Lipinski definition) is 1. The molecular formula is C24H21N3O3. The van der Waals surface area contributed by atoms with Crippen LogP contribution in [0.1, 0.15) is 21.6 Å². The monoisotopic (exact) mass is 399 g/mol. The molecule has 0 fully saturated rings. The fourth-order valence-corrected chi connectivity index (χ4v) is 3.40. The third-order valence-corrected chi connectivity index (χ3v) is 4.99. The number of aryl methyl sites for hydroxylation is 1. The molecule has 4 rings (SSSR count). The zero-order valence-electron chi connectivity index (χ0n) is 16.8. The van der Waals surface area contributed by atoms with Crippen LogP contribution in [0.2, 0.25) is 0 Å². The van der Waals surface area contributed by atoms with E-state index < -0.39 is 0 Å². The molecule has 1 N–H and O–H groups in total. The highest BCUT2D eigenvalue weighted by atomic mass is 16.5. The van der Waals surface area contributed by atoms with Gasteiger partial charge in [-0.2, -0.15) is 0 Å². The third-order valence-electron chi connectivity index (χ3n) is 4.99. The molecule has 0 aliphatic carbocycles. The second-order valence-electron chi connectivity index (χ2n) is 6.97. The highest BCUT2D eigenvalue weighted by Gasteiger charge is 2.22. The van der Waals surface area contributed by atoms with Crippen LogP contribution in [-0.4, -0.2) is 23.0 Å². The van der Waals surface area contributed by atoms with Crippen molar-refractivity contribution in [2.24, 2.45) is 0 Å². The van der Waals surface area contributed by atoms with Crippen molar-refractivity contribution in [3.63, 3.8) is 0 Å². The molecule has 4 aromatic rings. The maximum Gasteiger partial charge on any atom is 0.277 e. The van der Waals surface area contributed by atoms with Gasteiger partial charge < -0.3 is 14.6 Å². The smallest absolute Gasteiger partial charge is 0.277 e. The molecule has 0 saturated carbocycles. The number of ether oxygens (including phenoxy) is 1. The molecule has 2 heterocycles. The first-order valence-electron chi connectivity index (χ1n) is 9.55. The van der Waals surface area contributed by atoms with Crippen LogP contribution in [0.3, 0.4) is 0 Å². The number of fused-ring (bicyclic) bond motifs is 1. The molecule has 0 unspecified atom stereocenters. The van der Waals surface area contributed by atoms with Crippen LogP contribution >= 0.6 is 0 Å². The van der Waals surface area contributed by atoms with Gasteiger partial charge in [-0.3, -0.25) is 14.6 Å². The molecule has 0 aliphatic heterocycles. The fraction of sp³-hybridized carbons (Fsp3) is 0.125. The lowest BCUT2D eigenvalue weighted by atomic mass is 10.1. The molecule has 0 spiro atoms. The summed E-state index contributed by atoms with van der Waals surface area (Å²) in [5.74, 6) is 0.400. The number of methoxy groups -OCH3 is 1. The Hall–Kier alpha value is -3.93. The average molecular weight is 399 g/mol. The number of para-hydroxylation sites is 1. The Balaban J connectivity index is 1.79. The number of aromatic amines is 1. The highest BCUT2D eigenvalue weighted by Crippen LogP contribution is 2.24. The van der Waals surface area contributed by atoms with Crippen molar-refractivity contribution in [2.45, 2.75) is 13.5 Å². The summed E-state index contributed by atoms with van der Waals surface area (Å²) in [5.41, 5.74) is 2.92. The van der Waals surface area contributed by atoms with E-state index in [-0.39, 0.29) is 18.0 Å². The maximum atomic E-state index is 13.3.